The Kier molecular flexibility index (Phi) is 4.04. The third kappa shape index (κ3) is 2.91. The first-order valence-corrected chi connectivity index (χ1v) is 7.13. The summed E-state index contributed by atoms with van der Waals surface area (Å²) in [5, 5.41) is 4.04. The summed E-state index contributed by atoms with van der Waals surface area (Å²) in [5.74, 6) is -0.0413. The molecule has 94 valence electrons. The standard InChI is InChI=1S/C13H13BrN2OS/c1-16(7-9-4-5-18-8-9)13(17)11-6-10(15)2-3-12(11)14/h2-6,8H,7,15H2,1H3. The summed E-state index contributed by atoms with van der Waals surface area (Å²) in [5.41, 5.74) is 8.03. The number of amides is 1. The van der Waals surface area contributed by atoms with E-state index in [4.69, 9.17) is 5.73 Å². The Bertz CT molecular complexity index is 554. The minimum absolute atomic E-state index is 0.0413. The van der Waals surface area contributed by atoms with Gasteiger partial charge in [0.05, 0.1) is 5.56 Å². The van der Waals surface area contributed by atoms with Gasteiger partial charge in [0, 0.05) is 23.8 Å². The highest BCUT2D eigenvalue weighted by Gasteiger charge is 2.15. The van der Waals surface area contributed by atoms with Crippen molar-refractivity contribution in [2.75, 3.05) is 12.8 Å². The van der Waals surface area contributed by atoms with E-state index in [1.54, 1.807) is 41.5 Å². The maximum absolute atomic E-state index is 12.3. The molecule has 0 spiro atoms. The van der Waals surface area contributed by atoms with Gasteiger partial charge in [-0.1, -0.05) is 0 Å². The van der Waals surface area contributed by atoms with E-state index in [-0.39, 0.29) is 5.91 Å². The van der Waals surface area contributed by atoms with Crippen molar-refractivity contribution in [1.29, 1.82) is 0 Å². The number of anilines is 1. The first kappa shape index (κ1) is 13.1. The Morgan fingerprint density at radius 2 is 2.22 bits per heavy atom. The van der Waals surface area contributed by atoms with Gasteiger partial charge in [-0.15, -0.1) is 0 Å². The molecular formula is C13H13BrN2OS. The van der Waals surface area contributed by atoms with Crippen LogP contribution >= 0.6 is 27.3 Å². The van der Waals surface area contributed by atoms with Gasteiger partial charge in [-0.05, 0) is 56.5 Å². The number of carbonyl (C=O) groups excluding carboxylic acids is 1. The van der Waals surface area contributed by atoms with Crippen molar-refractivity contribution in [2.45, 2.75) is 6.54 Å². The quantitative estimate of drug-likeness (QED) is 0.880. The maximum Gasteiger partial charge on any atom is 0.255 e. The number of carbonyl (C=O) groups is 1. The van der Waals surface area contributed by atoms with Gasteiger partial charge in [-0.2, -0.15) is 11.3 Å². The topological polar surface area (TPSA) is 46.3 Å². The number of nitrogen functional groups attached to an aromatic ring is 1. The van der Waals surface area contributed by atoms with E-state index in [0.29, 0.717) is 17.8 Å². The summed E-state index contributed by atoms with van der Waals surface area (Å²) >= 11 is 5.00. The molecule has 2 rings (SSSR count). The molecule has 0 aliphatic heterocycles. The van der Waals surface area contributed by atoms with Crippen molar-refractivity contribution in [2.24, 2.45) is 0 Å². The number of nitrogens with two attached hydrogens (primary N) is 1. The molecule has 0 aliphatic carbocycles. The van der Waals surface area contributed by atoms with E-state index >= 15 is 0 Å². The highest BCUT2D eigenvalue weighted by atomic mass is 79.9. The molecule has 18 heavy (non-hydrogen) atoms. The van der Waals surface area contributed by atoms with Crippen molar-refractivity contribution < 1.29 is 4.79 Å². The minimum Gasteiger partial charge on any atom is -0.399 e. The maximum atomic E-state index is 12.3. The van der Waals surface area contributed by atoms with Crippen molar-refractivity contribution in [3.8, 4) is 0 Å². The molecule has 0 radical (unpaired) electrons. The van der Waals surface area contributed by atoms with E-state index in [1.165, 1.54) is 0 Å². The third-order valence-corrected chi connectivity index (χ3v) is 3.99. The highest BCUT2D eigenvalue weighted by Crippen LogP contribution is 2.21. The van der Waals surface area contributed by atoms with E-state index in [9.17, 15) is 4.79 Å². The van der Waals surface area contributed by atoms with Gasteiger partial charge in [-0.3, -0.25) is 4.79 Å². The lowest BCUT2D eigenvalue weighted by molar-refractivity contribution is 0.0784. The summed E-state index contributed by atoms with van der Waals surface area (Å²) in [6, 6.07) is 7.26. The van der Waals surface area contributed by atoms with Gasteiger partial charge in [0.1, 0.15) is 0 Å². The van der Waals surface area contributed by atoms with E-state index < -0.39 is 0 Å². The average Bonchev–Trinajstić information content (AvgIpc) is 2.84. The van der Waals surface area contributed by atoms with Gasteiger partial charge in [0.2, 0.25) is 0 Å². The molecular weight excluding hydrogens is 312 g/mol. The van der Waals surface area contributed by atoms with Crippen LogP contribution in [0.4, 0.5) is 5.69 Å². The van der Waals surface area contributed by atoms with Crippen LogP contribution in [0.1, 0.15) is 15.9 Å². The molecule has 0 saturated heterocycles. The van der Waals surface area contributed by atoms with E-state index in [2.05, 4.69) is 15.9 Å². The van der Waals surface area contributed by atoms with Crippen LogP contribution in [0.5, 0.6) is 0 Å². The van der Waals surface area contributed by atoms with Crippen LogP contribution in [0.3, 0.4) is 0 Å². The molecule has 2 aromatic rings. The third-order valence-electron chi connectivity index (χ3n) is 2.57. The fourth-order valence-corrected chi connectivity index (χ4v) is 2.72. The van der Waals surface area contributed by atoms with Crippen LogP contribution in [-0.4, -0.2) is 17.9 Å². The molecule has 1 amide bonds. The molecule has 0 unspecified atom stereocenters. The van der Waals surface area contributed by atoms with Gasteiger partial charge >= 0.3 is 0 Å². The van der Waals surface area contributed by atoms with E-state index in [1.807, 2.05) is 16.8 Å². The number of nitrogens with zero attached hydrogens (tertiary/aromatic N) is 1. The SMILES string of the molecule is CN(Cc1ccsc1)C(=O)c1cc(N)ccc1Br. The number of hydrogen-bond donors (Lipinski definition) is 1. The molecule has 3 nitrogen and oxygen atoms in total. The van der Waals surface area contributed by atoms with Crippen molar-refractivity contribution >= 4 is 38.9 Å². The Balaban J connectivity index is 2.17. The lowest BCUT2D eigenvalue weighted by Gasteiger charge is -2.17. The molecule has 0 saturated carbocycles. The van der Waals surface area contributed by atoms with Crippen LogP contribution in [-0.2, 0) is 6.54 Å². The highest BCUT2D eigenvalue weighted by molar-refractivity contribution is 9.10. The average molecular weight is 325 g/mol. The fourth-order valence-electron chi connectivity index (χ4n) is 1.64. The Morgan fingerprint density at radius 1 is 1.44 bits per heavy atom. The van der Waals surface area contributed by atoms with Gasteiger partial charge in [0.15, 0.2) is 0 Å². The van der Waals surface area contributed by atoms with Gasteiger partial charge < -0.3 is 10.6 Å². The number of benzene rings is 1. The van der Waals surface area contributed by atoms with Crippen LogP contribution < -0.4 is 5.73 Å². The minimum atomic E-state index is -0.0413. The summed E-state index contributed by atoms with van der Waals surface area (Å²) in [7, 11) is 1.79. The molecule has 5 heteroatoms. The van der Waals surface area contributed by atoms with Crippen LogP contribution in [0, 0.1) is 0 Å². The smallest absolute Gasteiger partial charge is 0.255 e. The monoisotopic (exact) mass is 324 g/mol. The van der Waals surface area contributed by atoms with Crippen LogP contribution in [0.15, 0.2) is 39.5 Å². The summed E-state index contributed by atoms with van der Waals surface area (Å²) in [6.45, 7) is 0.601. The Morgan fingerprint density at radius 3 is 2.89 bits per heavy atom. The second kappa shape index (κ2) is 5.54. The molecule has 0 atom stereocenters. The molecule has 0 aliphatic rings. The first-order chi connectivity index (χ1) is 8.58. The largest absolute Gasteiger partial charge is 0.399 e. The van der Waals surface area contributed by atoms with Crippen molar-refractivity contribution in [3.63, 3.8) is 0 Å². The van der Waals surface area contributed by atoms with Crippen LogP contribution in [0.25, 0.3) is 0 Å². The molecule has 0 fully saturated rings. The van der Waals surface area contributed by atoms with Gasteiger partial charge in [0.25, 0.3) is 5.91 Å². The number of halogens is 1. The van der Waals surface area contributed by atoms with Crippen LogP contribution in [0.2, 0.25) is 0 Å². The number of thiophene rings is 1. The number of rotatable bonds is 3. The molecule has 1 heterocycles. The van der Waals surface area contributed by atoms with Crippen molar-refractivity contribution in [3.05, 3.63) is 50.6 Å². The van der Waals surface area contributed by atoms with E-state index in [0.717, 1.165) is 10.0 Å². The number of hydrogen-bond acceptors (Lipinski definition) is 3. The zero-order valence-electron chi connectivity index (χ0n) is 9.89. The Labute approximate surface area is 118 Å². The summed E-state index contributed by atoms with van der Waals surface area (Å²) in [4.78, 5) is 14.0. The molecule has 1 aromatic heterocycles. The van der Waals surface area contributed by atoms with Crippen molar-refractivity contribution in [1.82, 2.24) is 4.90 Å². The van der Waals surface area contributed by atoms with Gasteiger partial charge in [-0.25, -0.2) is 0 Å². The Hall–Kier alpha value is -1.33. The summed E-state index contributed by atoms with van der Waals surface area (Å²) < 4.78 is 0.763. The molecule has 0 bridgehead atoms. The fraction of sp³-hybridized carbons (Fsp3) is 0.154. The lowest BCUT2D eigenvalue weighted by Crippen LogP contribution is -2.26. The first-order valence-electron chi connectivity index (χ1n) is 5.39. The normalized spacial score (nSPS) is 10.3. The lowest BCUT2D eigenvalue weighted by atomic mass is 10.1. The zero-order valence-corrected chi connectivity index (χ0v) is 12.3. The second-order valence-electron chi connectivity index (χ2n) is 4.03. The molecule has 2 N–H and O–H groups in total. The second-order valence-corrected chi connectivity index (χ2v) is 5.67. The molecule has 1 aromatic carbocycles. The zero-order chi connectivity index (χ0) is 13.1. The predicted octanol–water partition coefficient (Wildman–Crippen LogP) is 3.37. The summed E-state index contributed by atoms with van der Waals surface area (Å²) in [6.07, 6.45) is 0. The predicted molar refractivity (Wildman–Crippen MR) is 78.7 cm³/mol.